The third kappa shape index (κ3) is 3.42. The molecule has 0 atom stereocenters. The van der Waals surface area contributed by atoms with Gasteiger partial charge in [-0.25, -0.2) is 4.79 Å². The quantitative estimate of drug-likeness (QED) is 0.819. The van der Waals surface area contributed by atoms with Gasteiger partial charge in [0.1, 0.15) is 0 Å². The predicted octanol–water partition coefficient (Wildman–Crippen LogP) is 0.929. The van der Waals surface area contributed by atoms with Crippen LogP contribution in [0.3, 0.4) is 0 Å². The van der Waals surface area contributed by atoms with Crippen LogP contribution in [0.5, 0.6) is 0 Å². The van der Waals surface area contributed by atoms with E-state index in [-0.39, 0.29) is 11.9 Å². The number of amides is 2. The summed E-state index contributed by atoms with van der Waals surface area (Å²) in [6.07, 6.45) is 3.19. The number of hydrogen-bond donors (Lipinski definition) is 1. The van der Waals surface area contributed by atoms with E-state index in [2.05, 4.69) is 19.0 Å². The molecule has 2 aliphatic rings. The molecule has 2 saturated heterocycles. The largest absolute Gasteiger partial charge is 0.481 e. The molecule has 0 bridgehead atoms. The number of carboxylic acid groups (broad SMARTS) is 1. The van der Waals surface area contributed by atoms with Gasteiger partial charge < -0.3 is 19.8 Å². The van der Waals surface area contributed by atoms with E-state index in [9.17, 15) is 9.59 Å². The Morgan fingerprint density at radius 1 is 0.950 bits per heavy atom. The second kappa shape index (κ2) is 6.43. The standard InChI is InChI=1S/C14H25N3O3/c1-15(2)12-5-9-17(10-6-12)14(20)16-7-3-11(4-8-16)13(18)19/h11-12H,3-10H2,1-2H3,(H,18,19). The first-order chi connectivity index (χ1) is 9.49. The second-order valence-corrected chi connectivity index (χ2v) is 6.06. The molecular weight excluding hydrogens is 258 g/mol. The highest BCUT2D eigenvalue weighted by Gasteiger charge is 2.31. The number of urea groups is 1. The van der Waals surface area contributed by atoms with Gasteiger partial charge in [-0.15, -0.1) is 0 Å². The van der Waals surface area contributed by atoms with Crippen LogP contribution < -0.4 is 0 Å². The Kier molecular flexibility index (Phi) is 4.86. The zero-order chi connectivity index (χ0) is 14.7. The van der Waals surface area contributed by atoms with Crippen molar-refractivity contribution in [2.45, 2.75) is 31.7 Å². The number of aliphatic carboxylic acids is 1. The number of carbonyl (C=O) groups excluding carboxylic acids is 1. The van der Waals surface area contributed by atoms with Gasteiger partial charge in [0.15, 0.2) is 0 Å². The number of likely N-dealkylation sites (tertiary alicyclic amines) is 2. The Balaban J connectivity index is 1.80. The van der Waals surface area contributed by atoms with Crippen molar-refractivity contribution < 1.29 is 14.7 Å². The fourth-order valence-corrected chi connectivity index (χ4v) is 3.09. The summed E-state index contributed by atoms with van der Waals surface area (Å²) in [6.45, 7) is 2.76. The molecule has 6 heteroatoms. The molecule has 0 radical (unpaired) electrons. The van der Waals surface area contributed by atoms with Crippen LogP contribution >= 0.6 is 0 Å². The molecule has 6 nitrogen and oxygen atoms in total. The fourth-order valence-electron chi connectivity index (χ4n) is 3.09. The van der Waals surface area contributed by atoms with E-state index in [1.165, 1.54) is 0 Å². The van der Waals surface area contributed by atoms with Gasteiger partial charge >= 0.3 is 12.0 Å². The zero-order valence-electron chi connectivity index (χ0n) is 12.4. The van der Waals surface area contributed by atoms with Crippen molar-refractivity contribution in [3.8, 4) is 0 Å². The molecule has 0 aliphatic carbocycles. The Bertz CT molecular complexity index is 357. The van der Waals surface area contributed by atoms with Gasteiger partial charge in [-0.1, -0.05) is 0 Å². The Morgan fingerprint density at radius 3 is 1.80 bits per heavy atom. The van der Waals surface area contributed by atoms with E-state index in [1.54, 1.807) is 0 Å². The third-order valence-corrected chi connectivity index (χ3v) is 4.58. The number of carboxylic acids is 1. The SMILES string of the molecule is CN(C)C1CCN(C(=O)N2CCC(C(=O)O)CC2)CC1. The van der Waals surface area contributed by atoms with Crippen LogP contribution in [-0.4, -0.2) is 78.1 Å². The van der Waals surface area contributed by atoms with Crippen molar-refractivity contribution in [2.75, 3.05) is 40.3 Å². The molecule has 0 spiro atoms. The summed E-state index contributed by atoms with van der Waals surface area (Å²) in [6, 6.07) is 0.655. The van der Waals surface area contributed by atoms with Crippen LogP contribution in [0, 0.1) is 5.92 Å². The minimum Gasteiger partial charge on any atom is -0.481 e. The van der Waals surface area contributed by atoms with Crippen molar-refractivity contribution in [3.63, 3.8) is 0 Å². The Hall–Kier alpha value is -1.30. The molecule has 0 saturated carbocycles. The van der Waals surface area contributed by atoms with Gasteiger partial charge in [0.2, 0.25) is 0 Å². The summed E-state index contributed by atoms with van der Waals surface area (Å²) in [5, 5.41) is 8.97. The van der Waals surface area contributed by atoms with Crippen molar-refractivity contribution in [1.82, 2.24) is 14.7 Å². The summed E-state index contributed by atoms with van der Waals surface area (Å²) in [5.41, 5.74) is 0. The van der Waals surface area contributed by atoms with E-state index in [0.717, 1.165) is 25.9 Å². The van der Waals surface area contributed by atoms with Gasteiger partial charge in [-0.05, 0) is 39.8 Å². The Morgan fingerprint density at radius 2 is 1.40 bits per heavy atom. The summed E-state index contributed by atoms with van der Waals surface area (Å²) < 4.78 is 0. The molecular formula is C14H25N3O3. The maximum Gasteiger partial charge on any atom is 0.319 e. The molecule has 2 aliphatic heterocycles. The van der Waals surface area contributed by atoms with Crippen LogP contribution in [0.25, 0.3) is 0 Å². The molecule has 0 unspecified atom stereocenters. The first-order valence-corrected chi connectivity index (χ1v) is 7.42. The number of rotatable bonds is 2. The minimum absolute atomic E-state index is 0.0889. The number of carbonyl (C=O) groups is 2. The lowest BCUT2D eigenvalue weighted by Gasteiger charge is -2.39. The third-order valence-electron chi connectivity index (χ3n) is 4.58. The van der Waals surface area contributed by atoms with Crippen LogP contribution in [0.1, 0.15) is 25.7 Å². The van der Waals surface area contributed by atoms with Gasteiger partial charge in [-0.3, -0.25) is 4.79 Å². The van der Waals surface area contributed by atoms with Crippen LogP contribution in [-0.2, 0) is 4.79 Å². The normalized spacial score (nSPS) is 22.4. The first-order valence-electron chi connectivity index (χ1n) is 7.42. The van der Waals surface area contributed by atoms with E-state index >= 15 is 0 Å². The maximum absolute atomic E-state index is 12.4. The smallest absolute Gasteiger partial charge is 0.319 e. The molecule has 1 N–H and O–H groups in total. The molecule has 0 aromatic heterocycles. The average Bonchev–Trinajstić information content (AvgIpc) is 2.46. The van der Waals surface area contributed by atoms with Crippen molar-refractivity contribution >= 4 is 12.0 Å². The topological polar surface area (TPSA) is 64.1 Å². The summed E-state index contributed by atoms with van der Waals surface area (Å²) >= 11 is 0. The maximum atomic E-state index is 12.4. The minimum atomic E-state index is -0.733. The highest BCUT2D eigenvalue weighted by molar-refractivity contribution is 5.75. The molecule has 2 fully saturated rings. The molecule has 0 aromatic rings. The molecule has 20 heavy (non-hydrogen) atoms. The average molecular weight is 283 g/mol. The van der Waals surface area contributed by atoms with Gasteiger partial charge in [0.05, 0.1) is 5.92 Å². The van der Waals surface area contributed by atoms with Crippen molar-refractivity contribution in [1.29, 1.82) is 0 Å². The second-order valence-electron chi connectivity index (χ2n) is 6.06. The predicted molar refractivity (Wildman–Crippen MR) is 75.6 cm³/mol. The molecule has 2 rings (SSSR count). The summed E-state index contributed by atoms with van der Waals surface area (Å²) in [5.74, 6) is -1.01. The van der Waals surface area contributed by atoms with Crippen LogP contribution in [0.15, 0.2) is 0 Å². The number of nitrogens with zero attached hydrogens (tertiary/aromatic N) is 3. The lowest BCUT2D eigenvalue weighted by molar-refractivity contribution is -0.143. The van der Waals surface area contributed by atoms with E-state index in [0.29, 0.717) is 32.0 Å². The summed E-state index contributed by atoms with van der Waals surface area (Å²) in [7, 11) is 4.16. The highest BCUT2D eigenvalue weighted by atomic mass is 16.4. The van der Waals surface area contributed by atoms with E-state index in [4.69, 9.17) is 5.11 Å². The van der Waals surface area contributed by atoms with E-state index < -0.39 is 5.97 Å². The van der Waals surface area contributed by atoms with E-state index in [1.807, 2.05) is 9.80 Å². The summed E-state index contributed by atoms with van der Waals surface area (Å²) in [4.78, 5) is 29.3. The fraction of sp³-hybridized carbons (Fsp3) is 0.857. The molecule has 2 heterocycles. The Labute approximate surface area is 120 Å². The van der Waals surface area contributed by atoms with Crippen LogP contribution in [0.4, 0.5) is 4.79 Å². The lowest BCUT2D eigenvalue weighted by atomic mass is 9.97. The zero-order valence-corrected chi connectivity index (χ0v) is 12.4. The van der Waals surface area contributed by atoms with Crippen molar-refractivity contribution in [2.24, 2.45) is 5.92 Å². The monoisotopic (exact) mass is 283 g/mol. The van der Waals surface area contributed by atoms with Gasteiger partial charge in [0, 0.05) is 32.2 Å². The molecule has 2 amide bonds. The first kappa shape index (κ1) is 15.1. The van der Waals surface area contributed by atoms with Crippen molar-refractivity contribution in [3.05, 3.63) is 0 Å². The lowest BCUT2D eigenvalue weighted by Crippen LogP contribution is -2.51. The highest BCUT2D eigenvalue weighted by Crippen LogP contribution is 2.21. The van der Waals surface area contributed by atoms with Crippen LogP contribution in [0.2, 0.25) is 0 Å². The number of hydrogen-bond acceptors (Lipinski definition) is 3. The molecule has 114 valence electrons. The van der Waals surface area contributed by atoms with Gasteiger partial charge in [-0.2, -0.15) is 0 Å². The molecule has 0 aromatic carbocycles. The number of piperidine rings is 2. The van der Waals surface area contributed by atoms with Gasteiger partial charge in [0.25, 0.3) is 0 Å².